The molecule has 0 aliphatic carbocycles. The van der Waals surface area contributed by atoms with Gasteiger partial charge in [0.1, 0.15) is 18.1 Å². The molecule has 7 nitrogen and oxygen atoms in total. The first-order valence-electron chi connectivity index (χ1n) is 10.2. The van der Waals surface area contributed by atoms with Crippen molar-refractivity contribution in [1.29, 1.82) is 0 Å². The maximum Gasteiger partial charge on any atom is 0.338 e. The van der Waals surface area contributed by atoms with Crippen molar-refractivity contribution in [2.75, 3.05) is 11.5 Å². The highest BCUT2D eigenvalue weighted by atomic mass is 16.5. The van der Waals surface area contributed by atoms with E-state index in [1.807, 2.05) is 45.0 Å². The number of hydrogen-bond acceptors (Lipinski definition) is 6. The molecule has 160 valence electrons. The van der Waals surface area contributed by atoms with Crippen molar-refractivity contribution >= 4 is 17.6 Å². The molecule has 1 aromatic heterocycles. The third-order valence-corrected chi connectivity index (χ3v) is 5.46. The standard InChI is InChI=1S/C24H24N2O5/c1-15-12-19-6-4-5-7-22(19)26(15)23(27)14-30-24(28)18-8-10-20(11-9-18)29-13-21-16(2)25-31-17(21)3/h4-11,15H,12-14H2,1-3H3/t15-/m1/s1. The van der Waals surface area contributed by atoms with Gasteiger partial charge in [0.25, 0.3) is 5.91 Å². The van der Waals surface area contributed by atoms with Gasteiger partial charge in [0.2, 0.25) is 0 Å². The van der Waals surface area contributed by atoms with Gasteiger partial charge in [-0.25, -0.2) is 4.79 Å². The fourth-order valence-electron chi connectivity index (χ4n) is 3.78. The van der Waals surface area contributed by atoms with Crippen LogP contribution < -0.4 is 9.64 Å². The van der Waals surface area contributed by atoms with Crippen molar-refractivity contribution in [3.63, 3.8) is 0 Å². The molecule has 1 aliphatic rings. The van der Waals surface area contributed by atoms with Crippen molar-refractivity contribution in [3.05, 3.63) is 76.7 Å². The summed E-state index contributed by atoms with van der Waals surface area (Å²) in [5, 5.41) is 3.90. The zero-order valence-corrected chi connectivity index (χ0v) is 17.8. The third-order valence-electron chi connectivity index (χ3n) is 5.46. The molecule has 0 saturated heterocycles. The summed E-state index contributed by atoms with van der Waals surface area (Å²) in [7, 11) is 0. The Balaban J connectivity index is 1.32. The van der Waals surface area contributed by atoms with Crippen LogP contribution in [0.25, 0.3) is 0 Å². The van der Waals surface area contributed by atoms with Crippen molar-refractivity contribution in [3.8, 4) is 5.75 Å². The average molecular weight is 420 g/mol. The fourth-order valence-corrected chi connectivity index (χ4v) is 3.78. The summed E-state index contributed by atoms with van der Waals surface area (Å²) in [5.41, 5.74) is 4.06. The first-order chi connectivity index (χ1) is 14.9. The normalized spacial score (nSPS) is 14.9. The minimum Gasteiger partial charge on any atom is -0.489 e. The monoisotopic (exact) mass is 420 g/mol. The van der Waals surface area contributed by atoms with Crippen LogP contribution in [-0.4, -0.2) is 29.7 Å². The number of aryl methyl sites for hydroxylation is 2. The number of hydrogen-bond donors (Lipinski definition) is 0. The number of nitrogens with zero attached hydrogens (tertiary/aromatic N) is 2. The molecular weight excluding hydrogens is 396 g/mol. The number of rotatable bonds is 6. The Morgan fingerprint density at radius 2 is 1.87 bits per heavy atom. The van der Waals surface area contributed by atoms with E-state index in [1.165, 1.54) is 0 Å². The third kappa shape index (κ3) is 4.30. The van der Waals surface area contributed by atoms with Crippen molar-refractivity contribution in [2.24, 2.45) is 0 Å². The molecule has 1 aliphatic heterocycles. The van der Waals surface area contributed by atoms with Crippen LogP contribution in [0, 0.1) is 13.8 Å². The van der Waals surface area contributed by atoms with Gasteiger partial charge in [0.15, 0.2) is 6.61 Å². The molecule has 3 aromatic rings. The Morgan fingerprint density at radius 3 is 2.58 bits per heavy atom. The molecule has 0 spiro atoms. The van der Waals surface area contributed by atoms with Gasteiger partial charge in [-0.1, -0.05) is 23.4 Å². The Kier molecular flexibility index (Phi) is 5.75. The molecule has 2 heterocycles. The van der Waals surface area contributed by atoms with Gasteiger partial charge in [0.05, 0.1) is 16.8 Å². The van der Waals surface area contributed by atoms with E-state index in [-0.39, 0.29) is 18.6 Å². The van der Waals surface area contributed by atoms with E-state index >= 15 is 0 Å². The zero-order valence-electron chi connectivity index (χ0n) is 17.8. The first kappa shape index (κ1) is 20.7. The number of fused-ring (bicyclic) bond motifs is 1. The molecule has 4 rings (SSSR count). The highest BCUT2D eigenvalue weighted by Crippen LogP contribution is 2.31. The predicted molar refractivity (Wildman–Crippen MR) is 114 cm³/mol. The van der Waals surface area contributed by atoms with Gasteiger partial charge in [0, 0.05) is 11.7 Å². The van der Waals surface area contributed by atoms with E-state index in [0.29, 0.717) is 17.9 Å². The molecule has 0 bridgehead atoms. The fraction of sp³-hybridized carbons (Fsp3) is 0.292. The largest absolute Gasteiger partial charge is 0.489 e. The second kappa shape index (κ2) is 8.63. The molecule has 0 saturated carbocycles. The van der Waals surface area contributed by atoms with E-state index in [4.69, 9.17) is 14.0 Å². The van der Waals surface area contributed by atoms with Crippen LogP contribution >= 0.6 is 0 Å². The van der Waals surface area contributed by atoms with Gasteiger partial charge >= 0.3 is 5.97 Å². The predicted octanol–water partition coefficient (Wildman–Crippen LogP) is 4.01. The molecule has 0 N–H and O–H groups in total. The molecule has 31 heavy (non-hydrogen) atoms. The Labute approximate surface area is 180 Å². The number of esters is 1. The molecule has 1 amide bonds. The van der Waals surface area contributed by atoms with E-state index in [1.54, 1.807) is 29.2 Å². The smallest absolute Gasteiger partial charge is 0.338 e. The summed E-state index contributed by atoms with van der Waals surface area (Å²) in [6.07, 6.45) is 0.797. The number of benzene rings is 2. The highest BCUT2D eigenvalue weighted by Gasteiger charge is 2.31. The number of carbonyl (C=O) groups excluding carboxylic acids is 2. The van der Waals surface area contributed by atoms with Crippen molar-refractivity contribution in [1.82, 2.24) is 5.16 Å². The number of para-hydroxylation sites is 1. The van der Waals surface area contributed by atoms with Gasteiger partial charge < -0.3 is 18.9 Å². The number of anilines is 1. The van der Waals surface area contributed by atoms with Crippen LogP contribution in [0.4, 0.5) is 5.69 Å². The second-order valence-corrected chi connectivity index (χ2v) is 7.64. The number of ether oxygens (including phenoxy) is 2. The molecule has 0 radical (unpaired) electrons. The summed E-state index contributed by atoms with van der Waals surface area (Å²) >= 11 is 0. The number of aromatic nitrogens is 1. The maximum atomic E-state index is 12.7. The summed E-state index contributed by atoms with van der Waals surface area (Å²) in [6.45, 7) is 5.70. The lowest BCUT2D eigenvalue weighted by Crippen LogP contribution is -2.38. The minimum atomic E-state index is -0.550. The number of amides is 1. The summed E-state index contributed by atoms with van der Waals surface area (Å²) in [6, 6.07) is 14.4. The van der Waals surface area contributed by atoms with Gasteiger partial charge in [-0.15, -0.1) is 0 Å². The molecular formula is C24H24N2O5. The Bertz CT molecular complexity index is 1080. The summed E-state index contributed by atoms with van der Waals surface area (Å²) in [5.74, 6) is 0.545. The van der Waals surface area contributed by atoms with E-state index in [2.05, 4.69) is 5.16 Å². The lowest BCUT2D eigenvalue weighted by molar-refractivity contribution is -0.122. The van der Waals surface area contributed by atoms with Crippen LogP contribution in [0.2, 0.25) is 0 Å². The Morgan fingerprint density at radius 1 is 1.13 bits per heavy atom. The minimum absolute atomic E-state index is 0.0396. The SMILES string of the molecule is Cc1noc(C)c1COc1ccc(C(=O)OCC(=O)N2c3ccccc3C[C@H]2C)cc1. The van der Waals surface area contributed by atoms with E-state index < -0.39 is 5.97 Å². The highest BCUT2D eigenvalue weighted by molar-refractivity contribution is 5.99. The second-order valence-electron chi connectivity index (χ2n) is 7.64. The number of carbonyl (C=O) groups is 2. The first-order valence-corrected chi connectivity index (χ1v) is 10.2. The summed E-state index contributed by atoms with van der Waals surface area (Å²) in [4.78, 5) is 26.8. The molecule has 0 unspecified atom stereocenters. The quantitative estimate of drug-likeness (QED) is 0.561. The topological polar surface area (TPSA) is 81.9 Å². The van der Waals surface area contributed by atoms with E-state index in [9.17, 15) is 9.59 Å². The van der Waals surface area contributed by atoms with Crippen molar-refractivity contribution < 1.29 is 23.6 Å². The van der Waals surface area contributed by atoms with Crippen LogP contribution in [0.3, 0.4) is 0 Å². The maximum absolute atomic E-state index is 12.7. The van der Waals surface area contributed by atoms with Gasteiger partial charge in [-0.3, -0.25) is 4.79 Å². The van der Waals surface area contributed by atoms with Crippen LogP contribution in [0.5, 0.6) is 5.75 Å². The van der Waals surface area contributed by atoms with Crippen LogP contribution in [0.15, 0.2) is 53.1 Å². The lowest BCUT2D eigenvalue weighted by atomic mass is 10.1. The van der Waals surface area contributed by atoms with Crippen LogP contribution in [0.1, 0.15) is 39.9 Å². The molecule has 2 aromatic carbocycles. The zero-order chi connectivity index (χ0) is 22.0. The van der Waals surface area contributed by atoms with E-state index in [0.717, 1.165) is 34.7 Å². The Hall–Kier alpha value is -3.61. The molecule has 0 fully saturated rings. The summed E-state index contributed by atoms with van der Waals surface area (Å²) < 4.78 is 16.1. The molecule has 7 heteroatoms. The lowest BCUT2D eigenvalue weighted by Gasteiger charge is -2.22. The van der Waals surface area contributed by atoms with Crippen molar-refractivity contribution in [2.45, 2.75) is 39.8 Å². The van der Waals surface area contributed by atoms with Crippen LogP contribution in [-0.2, 0) is 22.6 Å². The average Bonchev–Trinajstić information content (AvgIpc) is 3.28. The van der Waals surface area contributed by atoms with Gasteiger partial charge in [-0.2, -0.15) is 0 Å². The van der Waals surface area contributed by atoms with Gasteiger partial charge in [-0.05, 0) is 63.1 Å². The molecule has 1 atom stereocenters.